The van der Waals surface area contributed by atoms with Gasteiger partial charge in [0.05, 0.1) is 22.5 Å². The molecule has 0 amide bonds. The SMILES string of the molecule is CCCCCCCCCCCCOc1nc([Si](C(C)C)(C(C)C)C(C)C)sc1-c1sc([Si](C(C)C)(C(C)C)C(C)C)nc1OCCCCCCCCCCCC. The van der Waals surface area contributed by atoms with Gasteiger partial charge in [0, 0.05) is 0 Å². The van der Waals surface area contributed by atoms with Gasteiger partial charge in [-0.25, -0.2) is 9.97 Å². The van der Waals surface area contributed by atoms with Crippen molar-refractivity contribution in [2.24, 2.45) is 0 Å². The van der Waals surface area contributed by atoms with Gasteiger partial charge in [0.1, 0.15) is 25.9 Å². The van der Waals surface area contributed by atoms with Crippen molar-refractivity contribution < 1.29 is 9.47 Å². The fourth-order valence-electron chi connectivity index (χ4n) is 10.5. The van der Waals surface area contributed by atoms with E-state index >= 15 is 0 Å². The van der Waals surface area contributed by atoms with E-state index in [9.17, 15) is 0 Å². The van der Waals surface area contributed by atoms with Crippen LogP contribution in [-0.4, -0.2) is 39.3 Å². The fourth-order valence-corrected chi connectivity index (χ4v) is 29.9. The molecule has 2 heterocycles. The number of aromatic nitrogens is 2. The normalized spacial score (nSPS) is 12.9. The molecule has 2 aromatic rings. The van der Waals surface area contributed by atoms with E-state index in [1.807, 2.05) is 22.7 Å². The Morgan fingerprint density at radius 3 is 0.839 bits per heavy atom. The fraction of sp³-hybridized carbons (Fsp3) is 0.875. The van der Waals surface area contributed by atoms with Gasteiger partial charge in [-0.1, -0.05) is 213 Å². The molecule has 0 radical (unpaired) electrons. The van der Waals surface area contributed by atoms with Gasteiger partial charge in [-0.05, 0) is 46.1 Å². The third-order valence-electron chi connectivity index (χ3n) is 13.3. The summed E-state index contributed by atoms with van der Waals surface area (Å²) in [6.07, 6.45) is 26.5. The molecule has 2 aromatic heterocycles. The Kier molecular flexibility index (Phi) is 25.0. The highest BCUT2D eigenvalue weighted by Gasteiger charge is 2.50. The second-order valence-corrected chi connectivity index (χ2v) is 33.5. The molecule has 4 nitrogen and oxygen atoms in total. The molecule has 0 N–H and O–H groups in total. The van der Waals surface area contributed by atoms with Crippen LogP contribution in [-0.2, 0) is 0 Å². The summed E-state index contributed by atoms with van der Waals surface area (Å²) in [7, 11) is -4.01. The van der Waals surface area contributed by atoms with Crippen molar-refractivity contribution in [1.82, 2.24) is 9.97 Å². The molecule has 0 aliphatic carbocycles. The molecule has 2 rings (SSSR count). The highest BCUT2D eigenvalue weighted by atomic mass is 32.1. The van der Waals surface area contributed by atoms with E-state index in [1.165, 1.54) is 135 Å². The molecule has 0 bridgehead atoms. The lowest BCUT2D eigenvalue weighted by molar-refractivity contribution is 0.292. The third-order valence-corrected chi connectivity index (χ3v) is 31.1. The van der Waals surface area contributed by atoms with Crippen molar-refractivity contribution in [3.8, 4) is 21.5 Å². The molecule has 0 aliphatic heterocycles. The number of thiazole rings is 2. The Balaban J connectivity index is 2.47. The minimum atomic E-state index is -2.01. The Morgan fingerprint density at radius 1 is 0.375 bits per heavy atom. The van der Waals surface area contributed by atoms with Gasteiger partial charge >= 0.3 is 0 Å². The Hall–Kier alpha value is -0.706. The zero-order valence-corrected chi connectivity index (χ0v) is 43.2. The molecule has 0 atom stereocenters. The molecular weight excluding hydrogens is 757 g/mol. The lowest BCUT2D eigenvalue weighted by Gasteiger charge is -2.41. The minimum Gasteiger partial charge on any atom is -0.477 e. The maximum atomic E-state index is 6.84. The highest BCUT2D eigenvalue weighted by Crippen LogP contribution is 2.49. The molecule has 326 valence electrons. The van der Waals surface area contributed by atoms with Crippen LogP contribution in [0.1, 0.15) is 225 Å². The lowest BCUT2D eigenvalue weighted by atomic mass is 10.1. The average molecular weight is 850 g/mol. The predicted octanol–water partition coefficient (Wildman–Crippen LogP) is 16.6. The van der Waals surface area contributed by atoms with E-state index in [1.54, 1.807) is 0 Å². The summed E-state index contributed by atoms with van der Waals surface area (Å²) in [6, 6.07) is 0. The van der Waals surface area contributed by atoms with Gasteiger partial charge in [-0.15, -0.1) is 22.7 Å². The second-order valence-electron chi connectivity index (χ2n) is 19.2. The summed E-state index contributed by atoms with van der Waals surface area (Å²) in [4.78, 5) is 13.5. The van der Waals surface area contributed by atoms with Gasteiger partial charge < -0.3 is 9.47 Å². The number of rotatable bonds is 33. The van der Waals surface area contributed by atoms with Crippen LogP contribution in [0.4, 0.5) is 0 Å². The van der Waals surface area contributed by atoms with Crippen LogP contribution in [0.25, 0.3) is 9.75 Å². The number of nitrogens with zero attached hydrogens (tertiary/aromatic N) is 2. The first kappa shape index (κ1) is 51.4. The highest BCUT2D eigenvalue weighted by molar-refractivity contribution is 7.34. The van der Waals surface area contributed by atoms with Gasteiger partial charge in [-0.2, -0.15) is 0 Å². The Morgan fingerprint density at radius 2 is 0.607 bits per heavy atom. The summed E-state index contributed by atoms with van der Waals surface area (Å²) in [5.41, 5.74) is 3.52. The third kappa shape index (κ3) is 14.2. The molecule has 0 saturated heterocycles. The van der Waals surface area contributed by atoms with Crippen LogP contribution >= 0.6 is 22.7 Å². The monoisotopic (exact) mass is 849 g/mol. The standard InChI is InChI=1S/C48H92N2O2S2Si2/c1-15-17-19-21-23-25-27-29-31-33-35-51-45-43(53-47(49-45)55(37(3)4,38(5)6)39(7)8)44-46(52-36-34-32-30-28-26-24-22-20-18-16-2)50-48(54-44)56(40(9)10,41(11)12)42(13)14/h37-42H,15-36H2,1-14H3. The van der Waals surface area contributed by atoms with E-state index in [4.69, 9.17) is 19.4 Å². The first-order chi connectivity index (χ1) is 26.7. The predicted molar refractivity (Wildman–Crippen MR) is 259 cm³/mol. The van der Waals surface area contributed by atoms with Crippen LogP contribution in [0.2, 0.25) is 33.2 Å². The Bertz CT molecular complexity index is 1160. The van der Waals surface area contributed by atoms with Crippen molar-refractivity contribution in [3.63, 3.8) is 0 Å². The van der Waals surface area contributed by atoms with Crippen molar-refractivity contribution >= 4 is 48.1 Å². The van der Waals surface area contributed by atoms with Crippen LogP contribution in [0.5, 0.6) is 11.8 Å². The molecule has 0 aliphatic rings. The zero-order chi connectivity index (χ0) is 41.7. The number of unbranched alkanes of at least 4 members (excludes halogenated alkanes) is 18. The minimum absolute atomic E-state index is 0.586. The largest absolute Gasteiger partial charge is 0.477 e. The molecule has 0 spiro atoms. The van der Waals surface area contributed by atoms with E-state index < -0.39 is 16.1 Å². The maximum Gasteiger partial charge on any atom is 0.233 e. The summed E-state index contributed by atoms with van der Waals surface area (Å²) >= 11 is 3.88. The van der Waals surface area contributed by atoms with Crippen molar-refractivity contribution in [1.29, 1.82) is 0 Å². The van der Waals surface area contributed by atoms with E-state index in [2.05, 4.69) is 96.9 Å². The van der Waals surface area contributed by atoms with Gasteiger partial charge in [-0.3, -0.25) is 0 Å². The molecule has 0 fully saturated rings. The first-order valence-electron chi connectivity index (χ1n) is 24.0. The second kappa shape index (κ2) is 27.2. The van der Waals surface area contributed by atoms with Crippen LogP contribution < -0.4 is 18.7 Å². The summed E-state index contributed by atoms with van der Waals surface area (Å²) in [5.74, 6) is 1.70. The number of hydrogen-bond acceptors (Lipinski definition) is 6. The van der Waals surface area contributed by atoms with Crippen molar-refractivity contribution in [2.75, 3.05) is 13.2 Å². The number of hydrogen-bond donors (Lipinski definition) is 0. The molecular formula is C48H92N2O2S2Si2. The van der Waals surface area contributed by atoms with Crippen molar-refractivity contribution in [2.45, 2.75) is 259 Å². The van der Waals surface area contributed by atoms with Crippen molar-refractivity contribution in [3.05, 3.63) is 0 Å². The molecule has 0 aromatic carbocycles. The molecule has 56 heavy (non-hydrogen) atoms. The molecule has 8 heteroatoms. The van der Waals surface area contributed by atoms with Gasteiger partial charge in [0.15, 0.2) is 0 Å². The Labute approximate surface area is 359 Å². The van der Waals surface area contributed by atoms with Crippen LogP contribution in [0.3, 0.4) is 0 Å². The smallest absolute Gasteiger partial charge is 0.233 e. The summed E-state index contributed by atoms with van der Waals surface area (Å²) in [5, 5.41) is 0. The molecule has 0 saturated carbocycles. The number of ether oxygens (including phenoxy) is 2. The summed E-state index contributed by atoms with van der Waals surface area (Å²) in [6.45, 7) is 35.5. The maximum absolute atomic E-state index is 6.84. The van der Waals surface area contributed by atoms with Gasteiger partial charge in [0.2, 0.25) is 11.8 Å². The van der Waals surface area contributed by atoms with Crippen LogP contribution in [0, 0.1) is 0 Å². The van der Waals surface area contributed by atoms with Gasteiger partial charge in [0.25, 0.3) is 0 Å². The van der Waals surface area contributed by atoms with Crippen LogP contribution in [0.15, 0.2) is 0 Å². The van der Waals surface area contributed by atoms with E-state index in [0.717, 1.165) is 37.8 Å². The molecule has 0 unspecified atom stereocenters. The lowest BCUT2D eigenvalue weighted by Crippen LogP contribution is -2.55. The quantitative estimate of drug-likeness (QED) is 0.0530. The topological polar surface area (TPSA) is 44.2 Å². The first-order valence-corrected chi connectivity index (χ1v) is 30.1. The summed E-state index contributed by atoms with van der Waals surface area (Å²) < 4.78 is 16.4. The average Bonchev–Trinajstić information content (AvgIpc) is 3.73. The van der Waals surface area contributed by atoms with E-state index in [-0.39, 0.29) is 0 Å². The zero-order valence-electron chi connectivity index (χ0n) is 39.5. The van der Waals surface area contributed by atoms with E-state index in [0.29, 0.717) is 33.2 Å².